The van der Waals surface area contributed by atoms with Crippen molar-refractivity contribution >= 4 is 5.91 Å². The Morgan fingerprint density at radius 1 is 1.56 bits per heavy atom. The zero-order valence-electron chi connectivity index (χ0n) is 10.6. The number of ether oxygens (including phenoxy) is 1. The third-order valence-electron chi connectivity index (χ3n) is 3.10. The van der Waals surface area contributed by atoms with Crippen molar-refractivity contribution in [2.45, 2.75) is 31.5 Å². The molecule has 1 saturated heterocycles. The molecule has 0 spiro atoms. The molecule has 0 bridgehead atoms. The molecule has 1 amide bonds. The monoisotopic (exact) mass is 229 g/mol. The number of methoxy groups -OCH3 is 1. The lowest BCUT2D eigenvalue weighted by Gasteiger charge is -2.25. The molecule has 16 heavy (non-hydrogen) atoms. The number of nitrogens with one attached hydrogen (secondary N) is 2. The second-order valence-corrected chi connectivity index (χ2v) is 4.44. The van der Waals surface area contributed by atoms with E-state index in [0.717, 1.165) is 19.5 Å². The molecule has 94 valence electrons. The predicted molar refractivity (Wildman–Crippen MR) is 63.4 cm³/mol. The van der Waals surface area contributed by atoms with Gasteiger partial charge >= 0.3 is 0 Å². The minimum absolute atomic E-state index is 0.0573. The highest BCUT2D eigenvalue weighted by molar-refractivity contribution is 5.82. The fourth-order valence-corrected chi connectivity index (χ4v) is 2.11. The molecule has 0 aromatic rings. The number of carbonyl (C=O) groups excluding carboxylic acids is 1. The van der Waals surface area contributed by atoms with Gasteiger partial charge in [-0.1, -0.05) is 6.92 Å². The summed E-state index contributed by atoms with van der Waals surface area (Å²) >= 11 is 0. The molecule has 1 rings (SSSR count). The lowest BCUT2D eigenvalue weighted by Crippen LogP contribution is -2.50. The van der Waals surface area contributed by atoms with E-state index in [4.69, 9.17) is 4.74 Å². The van der Waals surface area contributed by atoms with Crippen molar-refractivity contribution in [1.82, 2.24) is 15.5 Å². The molecule has 0 radical (unpaired) electrons. The van der Waals surface area contributed by atoms with Gasteiger partial charge in [-0.25, -0.2) is 0 Å². The molecule has 1 aliphatic rings. The number of nitrogens with zero attached hydrogens (tertiary/aromatic N) is 1. The van der Waals surface area contributed by atoms with Gasteiger partial charge in [0.2, 0.25) is 5.91 Å². The molecule has 1 aliphatic heterocycles. The van der Waals surface area contributed by atoms with Crippen LogP contribution in [0.2, 0.25) is 0 Å². The Kier molecular flexibility index (Phi) is 5.18. The van der Waals surface area contributed by atoms with Gasteiger partial charge in [0, 0.05) is 20.2 Å². The zero-order chi connectivity index (χ0) is 12.1. The van der Waals surface area contributed by atoms with E-state index in [0.29, 0.717) is 0 Å². The first-order valence-corrected chi connectivity index (χ1v) is 5.80. The summed E-state index contributed by atoms with van der Waals surface area (Å²) in [6, 6.07) is 0.0320. The van der Waals surface area contributed by atoms with Gasteiger partial charge in [0.15, 0.2) is 0 Å². The van der Waals surface area contributed by atoms with Crippen molar-refractivity contribution in [3.8, 4) is 0 Å². The van der Waals surface area contributed by atoms with Crippen LogP contribution in [-0.2, 0) is 9.53 Å². The Balaban J connectivity index is 2.49. The van der Waals surface area contributed by atoms with Crippen LogP contribution in [0.4, 0.5) is 0 Å². The molecule has 0 saturated carbocycles. The van der Waals surface area contributed by atoms with Gasteiger partial charge in [-0.3, -0.25) is 9.69 Å². The molecule has 3 atom stereocenters. The van der Waals surface area contributed by atoms with Crippen LogP contribution in [-0.4, -0.2) is 63.3 Å². The van der Waals surface area contributed by atoms with Crippen molar-refractivity contribution in [1.29, 1.82) is 0 Å². The summed E-state index contributed by atoms with van der Waals surface area (Å²) < 4.78 is 5.31. The van der Waals surface area contributed by atoms with E-state index >= 15 is 0 Å². The molecule has 0 aliphatic carbocycles. The van der Waals surface area contributed by atoms with Gasteiger partial charge in [0.25, 0.3) is 0 Å². The van der Waals surface area contributed by atoms with Gasteiger partial charge in [-0.15, -0.1) is 0 Å². The van der Waals surface area contributed by atoms with E-state index in [-0.39, 0.29) is 24.1 Å². The van der Waals surface area contributed by atoms with E-state index in [1.165, 1.54) is 0 Å². The van der Waals surface area contributed by atoms with Crippen LogP contribution in [0.15, 0.2) is 0 Å². The lowest BCUT2D eigenvalue weighted by molar-refractivity contribution is -0.127. The molecule has 5 nitrogen and oxygen atoms in total. The minimum atomic E-state index is -0.0573. The van der Waals surface area contributed by atoms with E-state index in [1.807, 2.05) is 25.9 Å². The summed E-state index contributed by atoms with van der Waals surface area (Å²) in [4.78, 5) is 13.9. The van der Waals surface area contributed by atoms with Crippen molar-refractivity contribution in [2.24, 2.45) is 0 Å². The molecule has 1 heterocycles. The Hall–Kier alpha value is -0.650. The van der Waals surface area contributed by atoms with Crippen LogP contribution in [0.1, 0.15) is 13.3 Å². The highest BCUT2D eigenvalue weighted by atomic mass is 16.5. The highest BCUT2D eigenvalue weighted by Gasteiger charge is 2.30. The minimum Gasteiger partial charge on any atom is -0.378 e. The molecule has 0 unspecified atom stereocenters. The number of likely N-dealkylation sites (N-methyl/N-ethyl adjacent to an activating group) is 1. The quantitative estimate of drug-likeness (QED) is 0.663. The topological polar surface area (TPSA) is 53.6 Å². The zero-order valence-corrected chi connectivity index (χ0v) is 10.6. The molecule has 5 heteroatoms. The first-order valence-electron chi connectivity index (χ1n) is 5.80. The summed E-state index contributed by atoms with van der Waals surface area (Å²) in [6.45, 7) is 3.61. The summed E-state index contributed by atoms with van der Waals surface area (Å²) in [6.07, 6.45) is 0.903. The third kappa shape index (κ3) is 3.17. The highest BCUT2D eigenvalue weighted by Crippen LogP contribution is 2.06. The molecule has 0 aromatic carbocycles. The molecule has 0 aromatic heterocycles. The van der Waals surface area contributed by atoms with E-state index in [2.05, 4.69) is 10.6 Å². The van der Waals surface area contributed by atoms with Gasteiger partial charge in [0.1, 0.15) is 0 Å². The lowest BCUT2D eigenvalue weighted by atomic mass is 10.1. The summed E-state index contributed by atoms with van der Waals surface area (Å²) in [5.74, 6) is 0.0863. The first kappa shape index (κ1) is 13.4. The summed E-state index contributed by atoms with van der Waals surface area (Å²) in [7, 11) is 5.53. The largest absolute Gasteiger partial charge is 0.378 e. The number of rotatable bonds is 5. The normalized spacial score (nSPS) is 27.1. The average molecular weight is 229 g/mol. The molecular weight excluding hydrogens is 206 g/mol. The maximum atomic E-state index is 12.0. The van der Waals surface area contributed by atoms with Crippen LogP contribution in [0.3, 0.4) is 0 Å². The smallest absolute Gasteiger partial charge is 0.237 e. The fourth-order valence-electron chi connectivity index (χ4n) is 2.11. The molecular formula is C11H23N3O2. The maximum absolute atomic E-state index is 12.0. The Morgan fingerprint density at radius 2 is 2.25 bits per heavy atom. The van der Waals surface area contributed by atoms with Crippen LogP contribution < -0.4 is 10.6 Å². The van der Waals surface area contributed by atoms with Crippen LogP contribution in [0, 0.1) is 0 Å². The number of carbonyl (C=O) groups is 1. The standard InChI is InChI=1S/C11H23N3O2/c1-5-9(14(2)3)11(15)13-8-6-12-7-10(8)16-4/h8-10,12H,5-7H2,1-4H3,(H,13,15)/t8-,9-,10+/m1/s1. The SMILES string of the molecule is CC[C@H](C(=O)N[C@@H]1CNC[C@@H]1OC)N(C)C. The Labute approximate surface area is 97.5 Å². The summed E-state index contributed by atoms with van der Waals surface area (Å²) in [5, 5.41) is 6.26. The predicted octanol–water partition coefficient (Wildman–Crippen LogP) is -0.570. The van der Waals surface area contributed by atoms with Crippen LogP contribution >= 0.6 is 0 Å². The summed E-state index contributed by atoms with van der Waals surface area (Å²) in [5.41, 5.74) is 0. The number of amides is 1. The Morgan fingerprint density at radius 3 is 2.75 bits per heavy atom. The van der Waals surface area contributed by atoms with Gasteiger partial charge in [0.05, 0.1) is 18.2 Å². The van der Waals surface area contributed by atoms with Crippen molar-refractivity contribution in [3.63, 3.8) is 0 Å². The van der Waals surface area contributed by atoms with Gasteiger partial charge in [-0.05, 0) is 20.5 Å². The van der Waals surface area contributed by atoms with Gasteiger partial charge in [-0.2, -0.15) is 0 Å². The van der Waals surface area contributed by atoms with E-state index in [1.54, 1.807) is 7.11 Å². The average Bonchev–Trinajstić information content (AvgIpc) is 2.65. The van der Waals surface area contributed by atoms with Crippen molar-refractivity contribution < 1.29 is 9.53 Å². The van der Waals surface area contributed by atoms with E-state index in [9.17, 15) is 4.79 Å². The molecule has 2 N–H and O–H groups in total. The van der Waals surface area contributed by atoms with Crippen LogP contribution in [0.5, 0.6) is 0 Å². The number of hydrogen-bond donors (Lipinski definition) is 2. The second kappa shape index (κ2) is 6.18. The van der Waals surface area contributed by atoms with Crippen LogP contribution in [0.25, 0.3) is 0 Å². The Bertz CT molecular complexity index is 233. The second-order valence-electron chi connectivity index (χ2n) is 4.44. The first-order chi connectivity index (χ1) is 7.60. The van der Waals surface area contributed by atoms with Gasteiger partial charge < -0.3 is 15.4 Å². The van der Waals surface area contributed by atoms with Crippen molar-refractivity contribution in [3.05, 3.63) is 0 Å². The van der Waals surface area contributed by atoms with Crippen molar-refractivity contribution in [2.75, 3.05) is 34.3 Å². The third-order valence-corrected chi connectivity index (χ3v) is 3.10. The molecule has 1 fully saturated rings. The number of hydrogen-bond acceptors (Lipinski definition) is 4. The van der Waals surface area contributed by atoms with E-state index < -0.39 is 0 Å². The fraction of sp³-hybridized carbons (Fsp3) is 0.909. The maximum Gasteiger partial charge on any atom is 0.237 e.